The summed E-state index contributed by atoms with van der Waals surface area (Å²) in [5.41, 5.74) is 7.33. The second kappa shape index (κ2) is 5.12. The number of halogens is 2. The van der Waals surface area contributed by atoms with Crippen LogP contribution in [0.4, 0.5) is 0 Å². The maximum Gasteiger partial charge on any atom is 0.0451 e. The maximum atomic E-state index is 6.29. The minimum Gasteiger partial charge on any atom is -0.328 e. The summed E-state index contributed by atoms with van der Waals surface area (Å²) in [4.78, 5) is 2.61. The van der Waals surface area contributed by atoms with Crippen molar-refractivity contribution in [2.45, 2.75) is 50.4 Å². The molecule has 0 spiro atoms. The lowest BCUT2D eigenvalue weighted by atomic mass is 9.97. The Labute approximate surface area is 122 Å². The van der Waals surface area contributed by atoms with E-state index < -0.39 is 0 Å². The lowest BCUT2D eigenvalue weighted by molar-refractivity contribution is 0.120. The number of nitrogens with zero attached hydrogens (tertiary/aromatic N) is 1. The minimum atomic E-state index is 0.400. The average molecular weight is 330 g/mol. The van der Waals surface area contributed by atoms with E-state index >= 15 is 0 Å². The van der Waals surface area contributed by atoms with Crippen LogP contribution in [0, 0.1) is 0 Å². The molecular weight excluding hydrogens is 312 g/mol. The summed E-state index contributed by atoms with van der Waals surface area (Å²) in [6.45, 7) is 0.959. The van der Waals surface area contributed by atoms with E-state index in [1.807, 2.05) is 12.1 Å². The molecule has 0 amide bonds. The quantitative estimate of drug-likeness (QED) is 0.899. The highest BCUT2D eigenvalue weighted by Gasteiger charge is 2.39. The molecule has 2 N–H and O–H groups in total. The highest BCUT2D eigenvalue weighted by molar-refractivity contribution is 9.10. The molecule has 2 bridgehead atoms. The number of piperidine rings is 1. The number of rotatable bonds is 2. The molecule has 98 valence electrons. The van der Waals surface area contributed by atoms with Gasteiger partial charge in [0.05, 0.1) is 0 Å². The number of fused-ring (bicyclic) bond motifs is 2. The zero-order valence-corrected chi connectivity index (χ0v) is 12.6. The maximum absolute atomic E-state index is 6.29. The monoisotopic (exact) mass is 328 g/mol. The molecule has 0 saturated carbocycles. The molecule has 0 aromatic heterocycles. The van der Waals surface area contributed by atoms with E-state index in [2.05, 4.69) is 26.9 Å². The van der Waals surface area contributed by atoms with Crippen LogP contribution in [0.25, 0.3) is 0 Å². The van der Waals surface area contributed by atoms with E-state index in [-0.39, 0.29) is 0 Å². The van der Waals surface area contributed by atoms with Gasteiger partial charge in [0.1, 0.15) is 0 Å². The number of nitrogens with two attached hydrogens (primary N) is 1. The van der Waals surface area contributed by atoms with Gasteiger partial charge in [0, 0.05) is 34.2 Å². The highest BCUT2D eigenvalue weighted by Crippen LogP contribution is 2.37. The summed E-state index contributed by atoms with van der Waals surface area (Å²) in [5, 5.41) is 0.868. The molecule has 2 aliphatic heterocycles. The summed E-state index contributed by atoms with van der Waals surface area (Å²) >= 11 is 9.81. The number of hydrogen-bond donors (Lipinski definition) is 1. The topological polar surface area (TPSA) is 29.3 Å². The third-order valence-corrected chi connectivity index (χ3v) is 5.14. The summed E-state index contributed by atoms with van der Waals surface area (Å²) in [6, 6.07) is 7.82. The lowest BCUT2D eigenvalue weighted by Crippen LogP contribution is -2.46. The zero-order chi connectivity index (χ0) is 12.7. The molecule has 2 atom stereocenters. The van der Waals surface area contributed by atoms with E-state index in [0.717, 1.165) is 28.9 Å². The Morgan fingerprint density at radius 1 is 1.28 bits per heavy atom. The predicted octanol–water partition coefficient (Wildman–Crippen LogP) is 3.56. The van der Waals surface area contributed by atoms with Crippen LogP contribution in [0.3, 0.4) is 0 Å². The van der Waals surface area contributed by atoms with Gasteiger partial charge >= 0.3 is 0 Å². The van der Waals surface area contributed by atoms with Crippen LogP contribution < -0.4 is 5.73 Å². The number of benzene rings is 1. The van der Waals surface area contributed by atoms with Gasteiger partial charge in [-0.25, -0.2) is 0 Å². The van der Waals surface area contributed by atoms with E-state index in [0.29, 0.717) is 18.1 Å². The van der Waals surface area contributed by atoms with Crippen LogP contribution >= 0.6 is 27.5 Å². The Morgan fingerprint density at radius 3 is 2.61 bits per heavy atom. The second-order valence-corrected chi connectivity index (χ2v) is 6.85. The fraction of sp³-hybridized carbons (Fsp3) is 0.571. The third-order valence-electron chi connectivity index (χ3n) is 4.28. The molecule has 1 aromatic carbocycles. The van der Waals surface area contributed by atoms with Gasteiger partial charge in [0.25, 0.3) is 0 Å². The molecule has 0 aliphatic carbocycles. The van der Waals surface area contributed by atoms with Gasteiger partial charge in [-0.05, 0) is 49.4 Å². The van der Waals surface area contributed by atoms with Gasteiger partial charge in [-0.15, -0.1) is 0 Å². The molecule has 2 unspecified atom stereocenters. The van der Waals surface area contributed by atoms with Crippen LogP contribution in [-0.4, -0.2) is 23.0 Å². The first-order valence-electron chi connectivity index (χ1n) is 6.59. The minimum absolute atomic E-state index is 0.400. The van der Waals surface area contributed by atoms with Crippen LogP contribution in [0.2, 0.25) is 5.02 Å². The van der Waals surface area contributed by atoms with Crippen molar-refractivity contribution in [3.8, 4) is 0 Å². The van der Waals surface area contributed by atoms with E-state index in [1.54, 1.807) is 0 Å². The normalized spacial score (nSPS) is 31.8. The van der Waals surface area contributed by atoms with E-state index in [4.69, 9.17) is 17.3 Å². The van der Waals surface area contributed by atoms with Crippen LogP contribution in [0.15, 0.2) is 22.7 Å². The zero-order valence-electron chi connectivity index (χ0n) is 10.3. The second-order valence-electron chi connectivity index (χ2n) is 5.52. The first-order chi connectivity index (χ1) is 8.63. The molecule has 0 radical (unpaired) electrons. The smallest absolute Gasteiger partial charge is 0.0451 e. The van der Waals surface area contributed by atoms with Crippen molar-refractivity contribution in [2.75, 3.05) is 0 Å². The van der Waals surface area contributed by atoms with Crippen molar-refractivity contribution in [3.63, 3.8) is 0 Å². The molecule has 2 nitrogen and oxygen atoms in total. The Kier molecular flexibility index (Phi) is 3.68. The van der Waals surface area contributed by atoms with Crippen LogP contribution in [0.1, 0.15) is 31.2 Å². The predicted molar refractivity (Wildman–Crippen MR) is 78.7 cm³/mol. The van der Waals surface area contributed by atoms with Crippen LogP contribution in [0.5, 0.6) is 0 Å². The van der Waals surface area contributed by atoms with E-state index in [1.165, 1.54) is 18.4 Å². The Bertz CT molecular complexity index is 437. The van der Waals surface area contributed by atoms with Gasteiger partial charge in [-0.2, -0.15) is 0 Å². The third kappa shape index (κ3) is 2.46. The summed E-state index contributed by atoms with van der Waals surface area (Å²) in [5.74, 6) is 0. The molecule has 4 heteroatoms. The molecule has 1 aromatic rings. The Morgan fingerprint density at radius 2 is 1.94 bits per heavy atom. The van der Waals surface area contributed by atoms with Gasteiger partial charge in [0.2, 0.25) is 0 Å². The summed E-state index contributed by atoms with van der Waals surface area (Å²) in [7, 11) is 0. The number of hydrogen-bond acceptors (Lipinski definition) is 2. The van der Waals surface area contributed by atoms with Crippen LogP contribution in [-0.2, 0) is 6.54 Å². The van der Waals surface area contributed by atoms with Crippen molar-refractivity contribution < 1.29 is 0 Å². The summed E-state index contributed by atoms with van der Waals surface area (Å²) in [6.07, 6.45) is 4.87. The fourth-order valence-corrected chi connectivity index (χ4v) is 4.02. The lowest BCUT2D eigenvalue weighted by Gasteiger charge is -2.37. The van der Waals surface area contributed by atoms with Crippen molar-refractivity contribution in [2.24, 2.45) is 5.73 Å². The van der Waals surface area contributed by atoms with Gasteiger partial charge in [-0.3, -0.25) is 4.90 Å². The summed E-state index contributed by atoms with van der Waals surface area (Å²) < 4.78 is 1.10. The van der Waals surface area contributed by atoms with Crippen molar-refractivity contribution >= 4 is 27.5 Å². The first kappa shape index (κ1) is 12.9. The molecule has 18 heavy (non-hydrogen) atoms. The molecule has 2 heterocycles. The largest absolute Gasteiger partial charge is 0.328 e. The van der Waals surface area contributed by atoms with Crippen molar-refractivity contribution in [3.05, 3.63) is 33.3 Å². The first-order valence-corrected chi connectivity index (χ1v) is 7.76. The SMILES string of the molecule is NC1CC2CCC(C1)N2Cc1cc(Br)ccc1Cl. The molecular formula is C14H18BrClN2. The van der Waals surface area contributed by atoms with Gasteiger partial charge < -0.3 is 5.73 Å². The van der Waals surface area contributed by atoms with E-state index in [9.17, 15) is 0 Å². The molecule has 3 rings (SSSR count). The Hall–Kier alpha value is -0.0900. The average Bonchev–Trinajstić information content (AvgIpc) is 2.57. The Balaban J connectivity index is 1.79. The van der Waals surface area contributed by atoms with Gasteiger partial charge in [-0.1, -0.05) is 27.5 Å². The molecule has 2 saturated heterocycles. The fourth-order valence-electron chi connectivity index (χ4n) is 3.44. The van der Waals surface area contributed by atoms with Crippen molar-refractivity contribution in [1.82, 2.24) is 4.90 Å². The van der Waals surface area contributed by atoms with Gasteiger partial charge in [0.15, 0.2) is 0 Å². The highest BCUT2D eigenvalue weighted by atomic mass is 79.9. The molecule has 2 aliphatic rings. The molecule has 2 fully saturated rings. The standard InChI is InChI=1S/C14H18BrClN2/c15-10-1-4-14(16)9(5-10)8-18-12-2-3-13(18)7-11(17)6-12/h1,4-5,11-13H,2-3,6-8,17H2. The van der Waals surface area contributed by atoms with Crippen molar-refractivity contribution in [1.29, 1.82) is 0 Å².